The van der Waals surface area contributed by atoms with E-state index in [9.17, 15) is 4.79 Å². The first-order chi connectivity index (χ1) is 12.1. The fourth-order valence-electron chi connectivity index (χ4n) is 3.11. The molecule has 0 aromatic carbocycles. The molecule has 0 spiro atoms. The smallest absolute Gasteiger partial charge is 0.226 e. The summed E-state index contributed by atoms with van der Waals surface area (Å²) in [6, 6.07) is 5.85. The predicted molar refractivity (Wildman–Crippen MR) is 95.0 cm³/mol. The van der Waals surface area contributed by atoms with Crippen LogP contribution in [0, 0.1) is 5.92 Å². The third-order valence-corrected chi connectivity index (χ3v) is 4.54. The van der Waals surface area contributed by atoms with Gasteiger partial charge in [-0.1, -0.05) is 6.07 Å². The van der Waals surface area contributed by atoms with E-state index in [0.717, 1.165) is 29.9 Å². The fourth-order valence-corrected chi connectivity index (χ4v) is 3.11. The number of ether oxygens (including phenoxy) is 1. The van der Waals surface area contributed by atoms with Crippen LogP contribution < -0.4 is 10.2 Å². The summed E-state index contributed by atoms with van der Waals surface area (Å²) in [4.78, 5) is 19.0. The summed E-state index contributed by atoms with van der Waals surface area (Å²) in [7, 11) is 5.77. The van der Waals surface area contributed by atoms with E-state index < -0.39 is 0 Å². The molecular weight excluding hydrogens is 318 g/mol. The Bertz CT molecular complexity index is 711. The van der Waals surface area contributed by atoms with Gasteiger partial charge >= 0.3 is 0 Å². The van der Waals surface area contributed by atoms with Crippen molar-refractivity contribution in [3.05, 3.63) is 41.9 Å². The van der Waals surface area contributed by atoms with Crippen LogP contribution in [-0.4, -0.2) is 41.4 Å². The number of aryl methyl sites for hydroxylation is 1. The van der Waals surface area contributed by atoms with Gasteiger partial charge in [-0.2, -0.15) is 5.10 Å². The third kappa shape index (κ3) is 3.99. The molecular formula is C18H25N5O2. The van der Waals surface area contributed by atoms with Gasteiger partial charge in [-0.05, 0) is 30.5 Å². The summed E-state index contributed by atoms with van der Waals surface area (Å²) in [5, 5.41) is 7.22. The van der Waals surface area contributed by atoms with Gasteiger partial charge in [0, 0.05) is 46.7 Å². The second-order valence-corrected chi connectivity index (χ2v) is 6.56. The van der Waals surface area contributed by atoms with Crippen LogP contribution in [0.5, 0.6) is 0 Å². The number of hydrogen-bond donors (Lipinski definition) is 1. The monoisotopic (exact) mass is 343 g/mol. The van der Waals surface area contributed by atoms with Gasteiger partial charge in [0.2, 0.25) is 5.91 Å². The van der Waals surface area contributed by atoms with Gasteiger partial charge in [0.05, 0.1) is 11.6 Å². The van der Waals surface area contributed by atoms with E-state index in [4.69, 9.17) is 4.74 Å². The molecule has 1 N–H and O–H groups in total. The Morgan fingerprint density at radius 1 is 1.40 bits per heavy atom. The van der Waals surface area contributed by atoms with E-state index in [-0.39, 0.29) is 17.9 Å². The molecule has 1 fully saturated rings. The lowest BCUT2D eigenvalue weighted by molar-refractivity contribution is -0.135. The maximum absolute atomic E-state index is 12.7. The van der Waals surface area contributed by atoms with E-state index in [2.05, 4.69) is 15.4 Å². The van der Waals surface area contributed by atoms with Crippen LogP contribution >= 0.6 is 0 Å². The summed E-state index contributed by atoms with van der Waals surface area (Å²) in [6.45, 7) is 1.14. The molecule has 3 rings (SSSR count). The summed E-state index contributed by atoms with van der Waals surface area (Å²) in [6.07, 6.45) is 5.01. The number of hydrogen-bond acceptors (Lipinski definition) is 5. The Morgan fingerprint density at radius 3 is 2.88 bits per heavy atom. The molecule has 2 aromatic rings. The number of carbonyl (C=O) groups excluding carboxylic acids is 1. The molecule has 7 nitrogen and oxygen atoms in total. The van der Waals surface area contributed by atoms with Crippen molar-refractivity contribution in [3.8, 4) is 0 Å². The molecule has 1 aliphatic heterocycles. The summed E-state index contributed by atoms with van der Waals surface area (Å²) in [5.41, 5.74) is 1.92. The van der Waals surface area contributed by atoms with Crippen molar-refractivity contribution in [2.45, 2.75) is 25.5 Å². The lowest BCUT2D eigenvalue weighted by atomic mass is 9.91. The van der Waals surface area contributed by atoms with Crippen molar-refractivity contribution in [2.24, 2.45) is 13.0 Å². The maximum Gasteiger partial charge on any atom is 0.226 e. The van der Waals surface area contributed by atoms with Gasteiger partial charge in [0.1, 0.15) is 11.9 Å². The van der Waals surface area contributed by atoms with Gasteiger partial charge < -0.3 is 15.0 Å². The lowest BCUT2D eigenvalue weighted by Crippen LogP contribution is -2.37. The van der Waals surface area contributed by atoms with E-state index in [1.807, 2.05) is 44.2 Å². The second kappa shape index (κ2) is 7.65. The second-order valence-electron chi connectivity index (χ2n) is 6.56. The van der Waals surface area contributed by atoms with Gasteiger partial charge in [0.25, 0.3) is 0 Å². The zero-order valence-corrected chi connectivity index (χ0v) is 15.0. The Morgan fingerprint density at radius 2 is 2.24 bits per heavy atom. The number of aromatic nitrogens is 3. The molecule has 7 heteroatoms. The largest absolute Gasteiger partial charge is 0.371 e. The summed E-state index contributed by atoms with van der Waals surface area (Å²) >= 11 is 0. The zero-order valence-electron chi connectivity index (χ0n) is 15.0. The molecule has 0 radical (unpaired) electrons. The third-order valence-electron chi connectivity index (χ3n) is 4.54. The van der Waals surface area contributed by atoms with Crippen LogP contribution in [0.25, 0.3) is 0 Å². The highest BCUT2D eigenvalue weighted by Crippen LogP contribution is 2.33. The average Bonchev–Trinajstić information content (AvgIpc) is 3.06. The molecule has 25 heavy (non-hydrogen) atoms. The van der Waals surface area contributed by atoms with Crippen LogP contribution in [0.15, 0.2) is 30.6 Å². The Labute approximate surface area is 148 Å². The van der Waals surface area contributed by atoms with Crippen LogP contribution in [0.3, 0.4) is 0 Å². The number of nitrogens with one attached hydrogen (secondary N) is 1. The van der Waals surface area contributed by atoms with Crippen molar-refractivity contribution in [2.75, 3.05) is 25.6 Å². The minimum atomic E-state index is -0.240. The quantitative estimate of drug-likeness (QED) is 0.894. The SMILES string of the molecule is CN(C)c1ccc(CNC(=O)[C@@H]2CCCO[C@H]2c2ccnn2C)cn1. The molecule has 0 unspecified atom stereocenters. The normalized spacial score (nSPS) is 20.3. The maximum atomic E-state index is 12.7. The molecule has 1 aliphatic rings. The van der Waals surface area contributed by atoms with E-state index in [1.54, 1.807) is 17.1 Å². The number of nitrogens with zero attached hydrogens (tertiary/aromatic N) is 4. The topological polar surface area (TPSA) is 72.3 Å². The van der Waals surface area contributed by atoms with Gasteiger partial charge in [-0.25, -0.2) is 4.98 Å². The number of rotatable bonds is 5. The number of anilines is 1. The van der Waals surface area contributed by atoms with Crippen LogP contribution in [-0.2, 0) is 23.1 Å². The van der Waals surface area contributed by atoms with Crippen LogP contribution in [0.4, 0.5) is 5.82 Å². The van der Waals surface area contributed by atoms with Crippen LogP contribution in [0.2, 0.25) is 0 Å². The summed E-state index contributed by atoms with van der Waals surface area (Å²) in [5.74, 6) is 0.716. The molecule has 2 atom stereocenters. The standard InChI is InChI=1S/C18H25N5O2/c1-22(2)16-7-6-13(11-19-16)12-20-18(24)14-5-4-10-25-17(14)15-8-9-21-23(15)3/h6-9,11,14,17H,4-5,10,12H2,1-3H3,(H,20,24)/t14-,17-/m1/s1. The Balaban J connectivity index is 1.64. The molecule has 3 heterocycles. The predicted octanol–water partition coefficient (Wildman–Crippen LogP) is 1.67. The molecule has 0 aliphatic carbocycles. The van der Waals surface area contributed by atoms with Gasteiger partial charge in [-0.15, -0.1) is 0 Å². The zero-order chi connectivity index (χ0) is 17.8. The van der Waals surface area contributed by atoms with Crippen LogP contribution in [0.1, 0.15) is 30.2 Å². The first-order valence-corrected chi connectivity index (χ1v) is 8.55. The molecule has 0 saturated carbocycles. The van der Waals surface area contributed by atoms with E-state index in [1.165, 1.54) is 0 Å². The fraction of sp³-hybridized carbons (Fsp3) is 0.500. The Hall–Kier alpha value is -2.41. The Kier molecular flexibility index (Phi) is 5.33. The lowest BCUT2D eigenvalue weighted by Gasteiger charge is -2.30. The summed E-state index contributed by atoms with van der Waals surface area (Å²) < 4.78 is 7.67. The number of amides is 1. The number of carbonyl (C=O) groups is 1. The van der Waals surface area contributed by atoms with Crippen molar-refractivity contribution < 1.29 is 9.53 Å². The minimum absolute atomic E-state index is 0.0163. The highest BCUT2D eigenvalue weighted by molar-refractivity contribution is 5.79. The van der Waals surface area contributed by atoms with Gasteiger partial charge in [-0.3, -0.25) is 9.48 Å². The van der Waals surface area contributed by atoms with Crippen molar-refractivity contribution >= 4 is 11.7 Å². The van der Waals surface area contributed by atoms with Gasteiger partial charge in [0.15, 0.2) is 0 Å². The molecule has 1 amide bonds. The van der Waals surface area contributed by atoms with E-state index in [0.29, 0.717) is 13.2 Å². The average molecular weight is 343 g/mol. The molecule has 2 aromatic heterocycles. The highest BCUT2D eigenvalue weighted by atomic mass is 16.5. The molecule has 1 saturated heterocycles. The highest BCUT2D eigenvalue weighted by Gasteiger charge is 2.34. The molecule has 0 bridgehead atoms. The number of pyridine rings is 1. The molecule has 134 valence electrons. The van der Waals surface area contributed by atoms with Crippen molar-refractivity contribution in [1.29, 1.82) is 0 Å². The first kappa shape index (κ1) is 17.4. The minimum Gasteiger partial charge on any atom is -0.371 e. The van der Waals surface area contributed by atoms with Crippen molar-refractivity contribution in [3.63, 3.8) is 0 Å². The first-order valence-electron chi connectivity index (χ1n) is 8.55. The van der Waals surface area contributed by atoms with E-state index >= 15 is 0 Å². The van der Waals surface area contributed by atoms with Crippen molar-refractivity contribution in [1.82, 2.24) is 20.1 Å².